The summed E-state index contributed by atoms with van der Waals surface area (Å²) < 4.78 is 15.5. The van der Waals surface area contributed by atoms with E-state index in [1.807, 2.05) is 19.1 Å². The van der Waals surface area contributed by atoms with Crippen molar-refractivity contribution in [3.63, 3.8) is 0 Å². The van der Waals surface area contributed by atoms with Gasteiger partial charge >= 0.3 is 0 Å². The number of nitrogens with one attached hydrogen (secondary N) is 1. The van der Waals surface area contributed by atoms with Crippen LogP contribution in [0.1, 0.15) is 24.2 Å². The minimum absolute atomic E-state index is 0.0708. The number of nitrogens with zero attached hydrogens (tertiary/aromatic N) is 1. The van der Waals surface area contributed by atoms with E-state index in [1.165, 1.54) is 6.07 Å². The number of pyridine rings is 1. The molecular formula is C14H13Br2FN2. The molecule has 0 radical (unpaired) electrons. The third kappa shape index (κ3) is 3.84. The molecule has 0 spiro atoms. The third-order valence-electron chi connectivity index (χ3n) is 2.83. The molecule has 1 atom stereocenters. The van der Waals surface area contributed by atoms with Crippen LogP contribution in [-0.2, 0) is 6.54 Å². The van der Waals surface area contributed by atoms with Gasteiger partial charge in [0.05, 0.1) is 5.69 Å². The van der Waals surface area contributed by atoms with Crippen LogP contribution in [0.2, 0.25) is 0 Å². The molecule has 0 saturated carbocycles. The number of benzene rings is 1. The SMILES string of the molecule is CC(NCc1ncc(Br)cc1Br)c1ccccc1F. The topological polar surface area (TPSA) is 24.9 Å². The van der Waals surface area contributed by atoms with Crippen molar-refractivity contribution in [2.45, 2.75) is 19.5 Å². The van der Waals surface area contributed by atoms with Crippen LogP contribution in [0.25, 0.3) is 0 Å². The van der Waals surface area contributed by atoms with Crippen LogP contribution in [0.4, 0.5) is 4.39 Å². The Kier molecular flexibility index (Phi) is 5.07. The molecule has 2 nitrogen and oxygen atoms in total. The van der Waals surface area contributed by atoms with Gasteiger partial charge < -0.3 is 5.32 Å². The molecule has 0 amide bonds. The molecule has 0 bridgehead atoms. The first kappa shape index (κ1) is 14.6. The number of hydrogen-bond donors (Lipinski definition) is 1. The van der Waals surface area contributed by atoms with Crippen LogP contribution >= 0.6 is 31.9 Å². The lowest BCUT2D eigenvalue weighted by molar-refractivity contribution is 0.524. The van der Waals surface area contributed by atoms with Crippen LogP contribution in [0.3, 0.4) is 0 Å². The van der Waals surface area contributed by atoms with E-state index >= 15 is 0 Å². The highest BCUT2D eigenvalue weighted by atomic mass is 79.9. The summed E-state index contributed by atoms with van der Waals surface area (Å²) in [6, 6.07) is 8.66. The van der Waals surface area contributed by atoms with Gasteiger partial charge in [-0.25, -0.2) is 4.39 Å². The van der Waals surface area contributed by atoms with Crippen molar-refractivity contribution in [1.82, 2.24) is 10.3 Å². The van der Waals surface area contributed by atoms with Crippen LogP contribution in [-0.4, -0.2) is 4.98 Å². The third-order valence-corrected chi connectivity index (χ3v) is 3.95. The number of aromatic nitrogens is 1. The van der Waals surface area contributed by atoms with Gasteiger partial charge in [-0.3, -0.25) is 4.98 Å². The summed E-state index contributed by atoms with van der Waals surface area (Å²) >= 11 is 6.82. The average molecular weight is 388 g/mol. The molecule has 1 N–H and O–H groups in total. The Morgan fingerprint density at radius 3 is 2.74 bits per heavy atom. The summed E-state index contributed by atoms with van der Waals surface area (Å²) in [5.41, 5.74) is 1.56. The Morgan fingerprint density at radius 2 is 2.05 bits per heavy atom. The summed E-state index contributed by atoms with van der Waals surface area (Å²) in [5.74, 6) is -0.190. The summed E-state index contributed by atoms with van der Waals surface area (Å²) in [5, 5.41) is 3.27. The highest BCUT2D eigenvalue weighted by molar-refractivity contribution is 9.11. The zero-order chi connectivity index (χ0) is 13.8. The Bertz CT molecular complexity index is 575. The second-order valence-corrected chi connectivity index (χ2v) is 5.98. The Balaban J connectivity index is 2.04. The maximum absolute atomic E-state index is 13.6. The lowest BCUT2D eigenvalue weighted by Crippen LogP contribution is -2.20. The predicted molar refractivity (Wildman–Crippen MR) is 81.3 cm³/mol. The minimum atomic E-state index is -0.190. The van der Waals surface area contributed by atoms with Gasteiger partial charge in [0.2, 0.25) is 0 Å². The van der Waals surface area contributed by atoms with Gasteiger partial charge in [-0.05, 0) is 50.9 Å². The first-order chi connectivity index (χ1) is 9.08. The van der Waals surface area contributed by atoms with Gasteiger partial charge in [0.25, 0.3) is 0 Å². The fraction of sp³-hybridized carbons (Fsp3) is 0.214. The van der Waals surface area contributed by atoms with Gasteiger partial charge in [0, 0.05) is 33.3 Å². The normalized spacial score (nSPS) is 12.4. The van der Waals surface area contributed by atoms with E-state index in [0.29, 0.717) is 12.1 Å². The smallest absolute Gasteiger partial charge is 0.127 e. The predicted octanol–water partition coefficient (Wildman–Crippen LogP) is 4.60. The van der Waals surface area contributed by atoms with Crippen molar-refractivity contribution < 1.29 is 4.39 Å². The van der Waals surface area contributed by atoms with Crippen molar-refractivity contribution in [1.29, 1.82) is 0 Å². The molecule has 2 rings (SSSR count). The maximum atomic E-state index is 13.6. The van der Waals surface area contributed by atoms with E-state index in [2.05, 4.69) is 42.2 Å². The van der Waals surface area contributed by atoms with Crippen molar-refractivity contribution in [3.05, 3.63) is 62.5 Å². The van der Waals surface area contributed by atoms with Gasteiger partial charge in [-0.2, -0.15) is 0 Å². The quantitative estimate of drug-likeness (QED) is 0.829. The molecule has 100 valence electrons. The highest BCUT2D eigenvalue weighted by Gasteiger charge is 2.10. The van der Waals surface area contributed by atoms with Crippen molar-refractivity contribution in [2.75, 3.05) is 0 Å². The van der Waals surface area contributed by atoms with E-state index in [1.54, 1.807) is 18.3 Å². The molecule has 1 aromatic heterocycles. The Morgan fingerprint density at radius 1 is 1.32 bits per heavy atom. The van der Waals surface area contributed by atoms with Gasteiger partial charge in [0.15, 0.2) is 0 Å². The zero-order valence-corrected chi connectivity index (χ0v) is 13.5. The number of rotatable bonds is 4. The molecule has 0 aliphatic heterocycles. The number of halogens is 3. The molecular weight excluding hydrogens is 375 g/mol. The van der Waals surface area contributed by atoms with E-state index in [9.17, 15) is 4.39 Å². The lowest BCUT2D eigenvalue weighted by atomic mass is 10.1. The summed E-state index contributed by atoms with van der Waals surface area (Å²) in [6.45, 7) is 2.51. The molecule has 5 heteroatoms. The molecule has 19 heavy (non-hydrogen) atoms. The first-order valence-electron chi connectivity index (χ1n) is 5.85. The largest absolute Gasteiger partial charge is 0.304 e. The van der Waals surface area contributed by atoms with Crippen LogP contribution < -0.4 is 5.32 Å². The molecule has 1 aromatic carbocycles. The summed E-state index contributed by atoms with van der Waals surface area (Å²) in [6.07, 6.45) is 1.75. The molecule has 1 unspecified atom stereocenters. The van der Waals surface area contributed by atoms with Crippen molar-refractivity contribution >= 4 is 31.9 Å². The van der Waals surface area contributed by atoms with Gasteiger partial charge in [-0.15, -0.1) is 0 Å². The Labute approximate surface area is 128 Å². The molecule has 1 heterocycles. The summed E-state index contributed by atoms with van der Waals surface area (Å²) in [4.78, 5) is 4.32. The standard InChI is InChI=1S/C14H13Br2FN2/c1-9(11-4-2-3-5-13(11)17)18-8-14-12(16)6-10(15)7-19-14/h2-7,9,18H,8H2,1H3. The van der Waals surface area contributed by atoms with E-state index in [4.69, 9.17) is 0 Å². The van der Waals surface area contributed by atoms with Crippen LogP contribution in [0, 0.1) is 5.82 Å². The van der Waals surface area contributed by atoms with Crippen molar-refractivity contribution in [2.24, 2.45) is 0 Å². The first-order valence-corrected chi connectivity index (χ1v) is 7.44. The molecule has 0 aliphatic carbocycles. The fourth-order valence-corrected chi connectivity index (χ4v) is 2.89. The molecule has 2 aromatic rings. The van der Waals surface area contributed by atoms with E-state index in [-0.39, 0.29) is 11.9 Å². The van der Waals surface area contributed by atoms with Crippen molar-refractivity contribution in [3.8, 4) is 0 Å². The maximum Gasteiger partial charge on any atom is 0.127 e. The van der Waals surface area contributed by atoms with Crippen LogP contribution in [0.15, 0.2) is 45.5 Å². The monoisotopic (exact) mass is 386 g/mol. The van der Waals surface area contributed by atoms with Gasteiger partial charge in [0.1, 0.15) is 5.82 Å². The molecule has 0 fully saturated rings. The minimum Gasteiger partial charge on any atom is -0.304 e. The second kappa shape index (κ2) is 6.59. The number of hydrogen-bond acceptors (Lipinski definition) is 2. The van der Waals surface area contributed by atoms with E-state index < -0.39 is 0 Å². The molecule has 0 saturated heterocycles. The fourth-order valence-electron chi connectivity index (χ4n) is 1.76. The summed E-state index contributed by atoms with van der Waals surface area (Å²) in [7, 11) is 0. The van der Waals surface area contributed by atoms with Gasteiger partial charge in [-0.1, -0.05) is 18.2 Å². The Hall–Kier alpha value is -0.780. The average Bonchev–Trinajstić information content (AvgIpc) is 2.38. The zero-order valence-electron chi connectivity index (χ0n) is 10.3. The van der Waals surface area contributed by atoms with Crippen LogP contribution in [0.5, 0.6) is 0 Å². The second-order valence-electron chi connectivity index (χ2n) is 4.21. The highest BCUT2D eigenvalue weighted by Crippen LogP contribution is 2.21. The lowest BCUT2D eigenvalue weighted by Gasteiger charge is -2.15. The molecule has 0 aliphatic rings. The van der Waals surface area contributed by atoms with E-state index in [0.717, 1.165) is 14.6 Å².